The molecule has 0 aromatic carbocycles. The maximum Gasteiger partial charge on any atom is 0.0954 e. The molecule has 3 heteroatoms. The van der Waals surface area contributed by atoms with Gasteiger partial charge in [0.05, 0.1) is 5.84 Å². The predicted octanol–water partition coefficient (Wildman–Crippen LogP) is 1.07. The summed E-state index contributed by atoms with van der Waals surface area (Å²) in [6.07, 6.45) is 0.993. The largest absolute Gasteiger partial charge is 0.377 e. The fourth-order valence-electron chi connectivity index (χ4n) is 0.447. The molecule has 0 amide bonds. The van der Waals surface area contributed by atoms with E-state index in [4.69, 9.17) is 0 Å². The number of nitrogens with zero attached hydrogens (tertiary/aromatic N) is 1. The molecule has 0 rings (SSSR count). The maximum absolute atomic E-state index is 3.93. The predicted molar refractivity (Wildman–Crippen MR) is 40.0 cm³/mol. The number of halogens is 1. The molecule has 0 saturated carbocycles. The highest BCUT2D eigenvalue weighted by Gasteiger charge is 1.82. The maximum atomic E-state index is 3.93. The molecule has 0 aliphatic carbocycles. The highest BCUT2D eigenvalue weighted by Crippen LogP contribution is 1.75. The number of hydrogen-bond donors (Lipinski definition) is 1. The average Bonchev–Trinajstić information content (AvgIpc) is 1.72. The van der Waals surface area contributed by atoms with E-state index >= 15 is 0 Å². The van der Waals surface area contributed by atoms with Gasteiger partial charge in [-0.2, -0.15) is 0 Å². The molecule has 0 bridgehead atoms. The Labute approximate surface area is 56.8 Å². The van der Waals surface area contributed by atoms with Crippen LogP contribution in [0, 0.1) is 0 Å². The SMILES string of the molecule is CCC(=NC)NC.Cl. The molecule has 0 atom stereocenters. The van der Waals surface area contributed by atoms with Gasteiger partial charge in [0.25, 0.3) is 0 Å². The van der Waals surface area contributed by atoms with Crippen LogP contribution < -0.4 is 5.32 Å². The quantitative estimate of drug-likeness (QED) is 0.423. The van der Waals surface area contributed by atoms with Crippen LogP contribution in [0.15, 0.2) is 4.99 Å². The Bertz CT molecular complexity index is 64.8. The molecule has 2 nitrogen and oxygen atoms in total. The number of amidine groups is 1. The van der Waals surface area contributed by atoms with E-state index in [-0.39, 0.29) is 12.4 Å². The Balaban J connectivity index is 0. The monoisotopic (exact) mass is 136 g/mol. The third-order valence-corrected chi connectivity index (χ3v) is 0.893. The smallest absolute Gasteiger partial charge is 0.0954 e. The van der Waals surface area contributed by atoms with Crippen LogP contribution in [0.1, 0.15) is 13.3 Å². The van der Waals surface area contributed by atoms with E-state index in [9.17, 15) is 0 Å². The van der Waals surface area contributed by atoms with Crippen LogP contribution in [0.25, 0.3) is 0 Å². The summed E-state index contributed by atoms with van der Waals surface area (Å²) < 4.78 is 0. The lowest BCUT2D eigenvalue weighted by molar-refractivity contribution is 1.07. The molecule has 0 spiro atoms. The van der Waals surface area contributed by atoms with Gasteiger partial charge in [-0.15, -0.1) is 12.4 Å². The second kappa shape index (κ2) is 6.76. The zero-order chi connectivity index (χ0) is 5.70. The van der Waals surface area contributed by atoms with E-state index in [0.29, 0.717) is 0 Å². The van der Waals surface area contributed by atoms with Crippen LogP contribution in [0.4, 0.5) is 0 Å². The summed E-state index contributed by atoms with van der Waals surface area (Å²) in [5.41, 5.74) is 0. The van der Waals surface area contributed by atoms with Crippen molar-refractivity contribution in [2.75, 3.05) is 14.1 Å². The van der Waals surface area contributed by atoms with Crippen LogP contribution in [0.5, 0.6) is 0 Å². The Kier molecular flexibility index (Phi) is 9.03. The molecule has 0 aromatic rings. The summed E-state index contributed by atoms with van der Waals surface area (Å²) in [5.74, 6) is 1.06. The van der Waals surface area contributed by atoms with Gasteiger partial charge in [0.2, 0.25) is 0 Å². The fourth-order valence-corrected chi connectivity index (χ4v) is 0.447. The normalized spacial score (nSPS) is 10.1. The van der Waals surface area contributed by atoms with Gasteiger partial charge >= 0.3 is 0 Å². The number of aliphatic imine (C=N–C) groups is 1. The lowest BCUT2D eigenvalue weighted by atomic mass is 10.4. The van der Waals surface area contributed by atoms with Gasteiger partial charge in [-0.25, -0.2) is 0 Å². The summed E-state index contributed by atoms with van der Waals surface area (Å²) in [5, 5.41) is 2.95. The van der Waals surface area contributed by atoms with Crippen molar-refractivity contribution in [3.63, 3.8) is 0 Å². The van der Waals surface area contributed by atoms with Crippen molar-refractivity contribution in [2.24, 2.45) is 4.99 Å². The first-order chi connectivity index (χ1) is 3.35. The summed E-state index contributed by atoms with van der Waals surface area (Å²) in [4.78, 5) is 3.93. The van der Waals surface area contributed by atoms with Crippen LogP contribution in [0.2, 0.25) is 0 Å². The molecule has 0 saturated heterocycles. The van der Waals surface area contributed by atoms with Crippen LogP contribution in [0.3, 0.4) is 0 Å². The van der Waals surface area contributed by atoms with Crippen molar-refractivity contribution in [2.45, 2.75) is 13.3 Å². The Morgan fingerprint density at radius 2 is 2.12 bits per heavy atom. The van der Waals surface area contributed by atoms with E-state index in [1.54, 1.807) is 7.05 Å². The Morgan fingerprint density at radius 3 is 2.12 bits per heavy atom. The lowest BCUT2D eigenvalue weighted by Crippen LogP contribution is -2.16. The topological polar surface area (TPSA) is 24.4 Å². The summed E-state index contributed by atoms with van der Waals surface area (Å²) >= 11 is 0. The molecule has 1 N–H and O–H groups in total. The van der Waals surface area contributed by atoms with Gasteiger partial charge in [-0.1, -0.05) is 6.92 Å². The molecular weight excluding hydrogens is 124 g/mol. The first-order valence-corrected chi connectivity index (χ1v) is 2.48. The van der Waals surface area contributed by atoms with Crippen molar-refractivity contribution in [3.05, 3.63) is 0 Å². The van der Waals surface area contributed by atoms with E-state index in [2.05, 4.69) is 17.2 Å². The van der Waals surface area contributed by atoms with Gasteiger partial charge in [-0.05, 0) is 0 Å². The Hall–Kier alpha value is -0.240. The highest BCUT2D eigenvalue weighted by atomic mass is 35.5. The molecule has 0 heterocycles. The molecule has 0 fully saturated rings. The third-order valence-electron chi connectivity index (χ3n) is 0.893. The first kappa shape index (κ1) is 10.7. The number of rotatable bonds is 1. The van der Waals surface area contributed by atoms with Crippen molar-refractivity contribution in [1.82, 2.24) is 5.32 Å². The van der Waals surface area contributed by atoms with Gasteiger partial charge in [0, 0.05) is 20.5 Å². The number of nitrogens with one attached hydrogen (secondary N) is 1. The summed E-state index contributed by atoms with van der Waals surface area (Å²) in [7, 11) is 3.67. The minimum Gasteiger partial charge on any atom is -0.377 e. The van der Waals surface area contributed by atoms with Crippen LogP contribution in [-0.4, -0.2) is 19.9 Å². The van der Waals surface area contributed by atoms with Crippen molar-refractivity contribution >= 4 is 18.2 Å². The molecule has 0 radical (unpaired) electrons. The second-order valence-corrected chi connectivity index (χ2v) is 1.27. The van der Waals surface area contributed by atoms with E-state index in [1.165, 1.54) is 0 Å². The molecule has 0 aliphatic heterocycles. The van der Waals surface area contributed by atoms with Gasteiger partial charge in [0.15, 0.2) is 0 Å². The Morgan fingerprint density at radius 1 is 1.62 bits per heavy atom. The van der Waals surface area contributed by atoms with Gasteiger partial charge in [0.1, 0.15) is 0 Å². The van der Waals surface area contributed by atoms with Crippen LogP contribution >= 0.6 is 12.4 Å². The van der Waals surface area contributed by atoms with Gasteiger partial charge in [-0.3, -0.25) is 4.99 Å². The molecule has 50 valence electrons. The van der Waals surface area contributed by atoms with E-state index in [1.807, 2.05) is 7.05 Å². The number of hydrogen-bond acceptors (Lipinski definition) is 1. The van der Waals surface area contributed by atoms with Gasteiger partial charge < -0.3 is 5.32 Å². The second-order valence-electron chi connectivity index (χ2n) is 1.27. The van der Waals surface area contributed by atoms with Crippen molar-refractivity contribution < 1.29 is 0 Å². The minimum atomic E-state index is 0. The molecule has 0 aliphatic rings. The zero-order valence-electron chi connectivity index (χ0n) is 5.56. The molecule has 8 heavy (non-hydrogen) atoms. The highest BCUT2D eigenvalue weighted by molar-refractivity contribution is 5.85. The van der Waals surface area contributed by atoms with Crippen molar-refractivity contribution in [1.29, 1.82) is 0 Å². The zero-order valence-corrected chi connectivity index (χ0v) is 6.38. The summed E-state index contributed by atoms with van der Waals surface area (Å²) in [6, 6.07) is 0. The lowest BCUT2D eigenvalue weighted by Gasteiger charge is -1.96. The minimum absolute atomic E-state index is 0. The molecule has 0 aromatic heterocycles. The van der Waals surface area contributed by atoms with Crippen LogP contribution in [-0.2, 0) is 0 Å². The van der Waals surface area contributed by atoms with E-state index in [0.717, 1.165) is 12.3 Å². The fraction of sp³-hybridized carbons (Fsp3) is 0.800. The van der Waals surface area contributed by atoms with E-state index < -0.39 is 0 Å². The average molecular weight is 137 g/mol. The standard InChI is InChI=1S/C5H12N2.ClH/c1-4-5(6-2)7-3;/h4H2,1-3H3,(H,6,7);1H. The summed E-state index contributed by atoms with van der Waals surface area (Å²) in [6.45, 7) is 2.07. The molecule has 0 unspecified atom stereocenters. The molecular formula is C5H13ClN2. The third kappa shape index (κ3) is 3.93. The first-order valence-electron chi connectivity index (χ1n) is 2.48. The van der Waals surface area contributed by atoms with Crippen molar-refractivity contribution in [3.8, 4) is 0 Å².